The Morgan fingerprint density at radius 1 is 1.23 bits per heavy atom. The maximum Gasteiger partial charge on any atom is 0.352 e. The molecular formula is C20H24N6O4. The minimum absolute atomic E-state index is 0.119. The Hall–Kier alpha value is -3.43. The molecule has 2 heterocycles. The first kappa shape index (κ1) is 19.9. The van der Waals surface area contributed by atoms with Crippen LogP contribution in [-0.4, -0.2) is 36.6 Å². The Morgan fingerprint density at radius 2 is 1.97 bits per heavy atom. The molecule has 30 heavy (non-hydrogen) atoms. The summed E-state index contributed by atoms with van der Waals surface area (Å²) in [7, 11) is 0. The molecule has 0 radical (unpaired) electrons. The Kier molecular flexibility index (Phi) is 5.15. The van der Waals surface area contributed by atoms with Crippen LogP contribution in [0.25, 0.3) is 16.7 Å². The summed E-state index contributed by atoms with van der Waals surface area (Å²) in [5.74, 6) is -0.841. The molecule has 3 aromatic rings. The molecule has 0 atom stereocenters. The van der Waals surface area contributed by atoms with Gasteiger partial charge in [0.05, 0.1) is 10.9 Å². The van der Waals surface area contributed by atoms with Crippen molar-refractivity contribution in [1.29, 1.82) is 0 Å². The van der Waals surface area contributed by atoms with Gasteiger partial charge in [-0.1, -0.05) is 19.8 Å². The van der Waals surface area contributed by atoms with Crippen LogP contribution in [0.15, 0.2) is 27.8 Å². The van der Waals surface area contributed by atoms with E-state index in [1.54, 1.807) is 12.1 Å². The summed E-state index contributed by atoms with van der Waals surface area (Å²) < 4.78 is 3.61. The largest absolute Gasteiger partial charge is 0.368 e. The number of hydrogen-bond acceptors (Lipinski definition) is 5. The van der Waals surface area contributed by atoms with E-state index in [1.165, 1.54) is 15.0 Å². The van der Waals surface area contributed by atoms with Crippen molar-refractivity contribution in [2.75, 3.05) is 0 Å². The molecule has 2 amide bonds. The van der Waals surface area contributed by atoms with Crippen molar-refractivity contribution in [3.8, 4) is 0 Å². The highest BCUT2D eigenvalue weighted by atomic mass is 16.2. The average molecular weight is 412 g/mol. The molecule has 1 aliphatic rings. The summed E-state index contributed by atoms with van der Waals surface area (Å²) in [5, 5.41) is 7.48. The van der Waals surface area contributed by atoms with Gasteiger partial charge in [0.1, 0.15) is 6.54 Å². The predicted octanol–water partition coefficient (Wildman–Crippen LogP) is 0.379. The van der Waals surface area contributed by atoms with Crippen molar-refractivity contribution in [2.24, 2.45) is 5.73 Å². The van der Waals surface area contributed by atoms with Crippen molar-refractivity contribution in [3.05, 3.63) is 44.6 Å². The van der Waals surface area contributed by atoms with Gasteiger partial charge in [-0.05, 0) is 37.5 Å². The molecular weight excluding hydrogens is 388 g/mol. The van der Waals surface area contributed by atoms with Crippen molar-refractivity contribution < 1.29 is 9.59 Å². The number of nitrogens with zero attached hydrogens (tertiary/aromatic N) is 4. The number of benzene rings is 1. The summed E-state index contributed by atoms with van der Waals surface area (Å²) in [4.78, 5) is 50.0. The third kappa shape index (κ3) is 3.38. The molecule has 158 valence electrons. The van der Waals surface area contributed by atoms with Crippen molar-refractivity contribution in [3.63, 3.8) is 0 Å². The van der Waals surface area contributed by atoms with Crippen LogP contribution in [0.5, 0.6) is 0 Å². The number of hydrogen-bond donors (Lipinski definition) is 2. The zero-order valence-electron chi connectivity index (χ0n) is 16.8. The first-order chi connectivity index (χ1) is 14.4. The van der Waals surface area contributed by atoms with Crippen LogP contribution in [-0.2, 0) is 17.9 Å². The summed E-state index contributed by atoms with van der Waals surface area (Å²) >= 11 is 0. The molecule has 1 aromatic carbocycles. The smallest absolute Gasteiger partial charge is 0.352 e. The number of primary amides is 1. The summed E-state index contributed by atoms with van der Waals surface area (Å²) in [6.45, 7) is 1.86. The highest BCUT2D eigenvalue weighted by molar-refractivity contribution is 5.98. The number of carbonyl (C=O) groups excluding carboxylic acids is 2. The highest BCUT2D eigenvalue weighted by Crippen LogP contribution is 2.19. The number of nitrogens with one attached hydrogen (secondary N) is 1. The van der Waals surface area contributed by atoms with E-state index in [9.17, 15) is 19.2 Å². The van der Waals surface area contributed by atoms with Gasteiger partial charge in [-0.15, -0.1) is 5.10 Å². The lowest BCUT2D eigenvalue weighted by molar-refractivity contribution is -0.118. The zero-order valence-corrected chi connectivity index (χ0v) is 16.8. The van der Waals surface area contributed by atoms with E-state index in [0.717, 1.165) is 30.4 Å². The monoisotopic (exact) mass is 412 g/mol. The molecule has 2 aromatic heterocycles. The van der Waals surface area contributed by atoms with Gasteiger partial charge in [-0.2, -0.15) is 0 Å². The zero-order chi connectivity index (χ0) is 21.4. The minimum Gasteiger partial charge on any atom is -0.368 e. The fraction of sp³-hybridized carbons (Fsp3) is 0.450. The second-order valence-electron chi connectivity index (χ2n) is 7.69. The second-order valence-corrected chi connectivity index (χ2v) is 7.69. The maximum absolute atomic E-state index is 13.0. The fourth-order valence-corrected chi connectivity index (χ4v) is 4.07. The van der Waals surface area contributed by atoms with E-state index in [1.807, 2.05) is 6.92 Å². The Bertz CT molecular complexity index is 1260. The maximum atomic E-state index is 13.0. The average Bonchev–Trinajstić information content (AvgIpc) is 3.33. The minimum atomic E-state index is -0.717. The topological polar surface area (TPSA) is 133 Å². The van der Waals surface area contributed by atoms with Crippen LogP contribution in [0, 0.1) is 0 Å². The van der Waals surface area contributed by atoms with Gasteiger partial charge in [-0.3, -0.25) is 19.0 Å². The Labute approximate surface area is 171 Å². The standard InChI is InChI=1S/C20H24N6O4/c1-2-9-24-18(29)14-8-7-12(17(28)22-13-5-3-4-6-13)10-15(14)26-19(24)23-25(20(26)30)11-16(21)27/h7-8,10,13H,2-6,9,11H2,1H3,(H2,21,27)(H,22,28). The lowest BCUT2D eigenvalue weighted by atomic mass is 10.1. The molecule has 0 unspecified atom stereocenters. The van der Waals surface area contributed by atoms with Crippen LogP contribution in [0.2, 0.25) is 0 Å². The number of carbonyl (C=O) groups is 2. The van der Waals surface area contributed by atoms with Crippen LogP contribution < -0.4 is 22.3 Å². The van der Waals surface area contributed by atoms with E-state index < -0.39 is 18.1 Å². The molecule has 0 bridgehead atoms. The number of aromatic nitrogens is 4. The molecule has 0 aliphatic heterocycles. The van der Waals surface area contributed by atoms with Gasteiger partial charge in [0, 0.05) is 18.2 Å². The molecule has 0 spiro atoms. The van der Waals surface area contributed by atoms with Crippen molar-refractivity contribution in [1.82, 2.24) is 24.1 Å². The molecule has 4 rings (SSSR count). The third-order valence-electron chi connectivity index (χ3n) is 5.48. The molecule has 10 heteroatoms. The number of aryl methyl sites for hydroxylation is 1. The fourth-order valence-electron chi connectivity index (χ4n) is 4.07. The third-order valence-corrected chi connectivity index (χ3v) is 5.48. The van der Waals surface area contributed by atoms with Crippen LogP contribution in [0.1, 0.15) is 49.4 Å². The first-order valence-electron chi connectivity index (χ1n) is 10.2. The molecule has 1 fully saturated rings. The lowest BCUT2D eigenvalue weighted by Gasteiger charge is -2.13. The van der Waals surface area contributed by atoms with Gasteiger partial charge < -0.3 is 11.1 Å². The number of nitrogens with two attached hydrogens (primary N) is 1. The van der Waals surface area contributed by atoms with Crippen LogP contribution in [0.4, 0.5) is 0 Å². The lowest BCUT2D eigenvalue weighted by Crippen LogP contribution is -2.33. The summed E-state index contributed by atoms with van der Waals surface area (Å²) in [6.07, 6.45) is 4.73. The van der Waals surface area contributed by atoms with E-state index >= 15 is 0 Å². The summed E-state index contributed by atoms with van der Waals surface area (Å²) in [5.41, 5.74) is 4.97. The van der Waals surface area contributed by atoms with E-state index in [-0.39, 0.29) is 28.8 Å². The molecule has 1 saturated carbocycles. The molecule has 1 aliphatic carbocycles. The van der Waals surface area contributed by atoms with Crippen molar-refractivity contribution >= 4 is 28.5 Å². The number of amides is 2. The normalized spacial score (nSPS) is 14.6. The Morgan fingerprint density at radius 3 is 2.63 bits per heavy atom. The van der Waals surface area contributed by atoms with Crippen LogP contribution in [0.3, 0.4) is 0 Å². The first-order valence-corrected chi connectivity index (χ1v) is 10.2. The van der Waals surface area contributed by atoms with Gasteiger partial charge >= 0.3 is 5.69 Å². The van der Waals surface area contributed by atoms with E-state index in [4.69, 9.17) is 5.73 Å². The summed E-state index contributed by atoms with van der Waals surface area (Å²) in [6, 6.07) is 4.83. The van der Waals surface area contributed by atoms with Gasteiger partial charge in [-0.25, -0.2) is 13.9 Å². The number of rotatable bonds is 6. The van der Waals surface area contributed by atoms with Crippen LogP contribution >= 0.6 is 0 Å². The van der Waals surface area contributed by atoms with E-state index in [2.05, 4.69) is 10.4 Å². The second kappa shape index (κ2) is 7.77. The Balaban J connectivity index is 1.92. The van der Waals surface area contributed by atoms with Gasteiger partial charge in [0.15, 0.2) is 0 Å². The van der Waals surface area contributed by atoms with Gasteiger partial charge in [0.25, 0.3) is 11.5 Å². The van der Waals surface area contributed by atoms with E-state index in [0.29, 0.717) is 23.9 Å². The molecule has 3 N–H and O–H groups in total. The quantitative estimate of drug-likeness (QED) is 0.604. The van der Waals surface area contributed by atoms with Gasteiger partial charge in [0.2, 0.25) is 11.7 Å². The SMILES string of the molecule is CCCn1c(=O)c2ccc(C(=O)NC3CCCC3)cc2n2c(=O)n(CC(N)=O)nc12. The molecule has 0 saturated heterocycles. The molecule has 10 nitrogen and oxygen atoms in total. The highest BCUT2D eigenvalue weighted by Gasteiger charge is 2.21. The van der Waals surface area contributed by atoms with Crippen molar-refractivity contribution in [2.45, 2.75) is 58.2 Å². The number of fused-ring (bicyclic) bond motifs is 3. The predicted molar refractivity (Wildman–Crippen MR) is 110 cm³/mol.